The summed E-state index contributed by atoms with van der Waals surface area (Å²) in [7, 11) is 0. The average Bonchev–Trinajstić information content (AvgIpc) is 3.15. The highest BCUT2D eigenvalue weighted by Crippen LogP contribution is 2.31. The Morgan fingerprint density at radius 1 is 1.03 bits per heavy atom. The summed E-state index contributed by atoms with van der Waals surface area (Å²) in [6, 6.07) is 19.1. The van der Waals surface area contributed by atoms with Gasteiger partial charge in [-0.15, -0.1) is 0 Å². The number of benzene rings is 2. The molecule has 1 N–H and O–H groups in total. The minimum absolute atomic E-state index is 0.0323. The van der Waals surface area contributed by atoms with Crippen LogP contribution in [0.2, 0.25) is 0 Å². The zero-order chi connectivity index (χ0) is 21.3. The second-order valence-electron chi connectivity index (χ2n) is 6.82. The van der Waals surface area contributed by atoms with E-state index in [1.807, 2.05) is 68.4 Å². The lowest BCUT2D eigenvalue weighted by Crippen LogP contribution is -2.54. The van der Waals surface area contributed by atoms with E-state index in [0.717, 1.165) is 16.0 Å². The van der Waals surface area contributed by atoms with E-state index in [-0.39, 0.29) is 10.7 Å². The number of aryl methyl sites for hydroxylation is 2. The molecular formula is C23H18N2O3S2. The summed E-state index contributed by atoms with van der Waals surface area (Å²) < 4.78 is 5.80. The molecule has 1 aliphatic heterocycles. The molecule has 0 aliphatic carbocycles. The second kappa shape index (κ2) is 8.30. The van der Waals surface area contributed by atoms with E-state index in [1.54, 1.807) is 6.07 Å². The molecular weight excluding hydrogens is 416 g/mol. The van der Waals surface area contributed by atoms with Gasteiger partial charge in [0.15, 0.2) is 10.2 Å². The van der Waals surface area contributed by atoms with E-state index in [0.29, 0.717) is 16.5 Å². The Morgan fingerprint density at radius 2 is 1.80 bits per heavy atom. The van der Waals surface area contributed by atoms with Gasteiger partial charge in [0.05, 0.1) is 5.69 Å². The number of nitrogens with one attached hydrogen (secondary N) is 1. The average molecular weight is 435 g/mol. The maximum absolute atomic E-state index is 13.2. The van der Waals surface area contributed by atoms with Crippen molar-refractivity contribution in [2.45, 2.75) is 23.8 Å². The van der Waals surface area contributed by atoms with Crippen molar-refractivity contribution in [3.05, 3.63) is 83.1 Å². The predicted octanol–water partition coefficient (Wildman–Crippen LogP) is 4.88. The van der Waals surface area contributed by atoms with Crippen LogP contribution in [0.25, 0.3) is 6.08 Å². The summed E-state index contributed by atoms with van der Waals surface area (Å²) in [6.45, 7) is 3.83. The number of anilines is 1. The first-order valence-corrected chi connectivity index (χ1v) is 10.5. The molecule has 0 radical (unpaired) electrons. The molecule has 2 aromatic carbocycles. The molecule has 2 amide bonds. The number of hydrogen-bond donors (Lipinski definition) is 1. The number of hydrogen-bond acceptors (Lipinski definition) is 5. The fourth-order valence-electron chi connectivity index (χ4n) is 3.05. The van der Waals surface area contributed by atoms with Gasteiger partial charge < -0.3 is 4.42 Å². The Balaban J connectivity index is 1.64. The van der Waals surface area contributed by atoms with Crippen molar-refractivity contribution in [2.75, 3.05) is 4.90 Å². The number of furan rings is 1. The zero-order valence-electron chi connectivity index (χ0n) is 16.3. The lowest BCUT2D eigenvalue weighted by atomic mass is 10.1. The number of rotatable bonds is 4. The molecule has 5 nitrogen and oxygen atoms in total. The fraction of sp³-hybridized carbons (Fsp3) is 0.0870. The Morgan fingerprint density at radius 3 is 2.57 bits per heavy atom. The molecule has 1 aliphatic rings. The largest absolute Gasteiger partial charge is 0.450 e. The molecule has 0 atom stereocenters. The van der Waals surface area contributed by atoms with Crippen LogP contribution in [-0.2, 0) is 9.59 Å². The third-order valence-corrected chi connectivity index (χ3v) is 5.77. The minimum atomic E-state index is -0.541. The van der Waals surface area contributed by atoms with Gasteiger partial charge in [0.2, 0.25) is 0 Å². The van der Waals surface area contributed by atoms with Gasteiger partial charge in [0, 0.05) is 4.90 Å². The molecule has 1 aromatic heterocycles. The van der Waals surface area contributed by atoms with Crippen molar-refractivity contribution in [3.63, 3.8) is 0 Å². The van der Waals surface area contributed by atoms with Crippen molar-refractivity contribution < 1.29 is 14.0 Å². The van der Waals surface area contributed by atoms with Gasteiger partial charge >= 0.3 is 0 Å². The summed E-state index contributed by atoms with van der Waals surface area (Å²) in [5, 5.41) is 3.34. The van der Waals surface area contributed by atoms with Crippen LogP contribution in [0, 0.1) is 13.8 Å². The van der Waals surface area contributed by atoms with Gasteiger partial charge in [0.25, 0.3) is 11.8 Å². The molecule has 1 saturated heterocycles. The number of nitrogens with zero attached hydrogens (tertiary/aromatic N) is 1. The fourth-order valence-corrected chi connectivity index (χ4v) is 4.12. The van der Waals surface area contributed by atoms with Crippen LogP contribution in [0.5, 0.6) is 0 Å². The Labute approximate surface area is 183 Å². The molecule has 0 bridgehead atoms. The van der Waals surface area contributed by atoms with Crippen LogP contribution in [0.15, 0.2) is 80.6 Å². The summed E-state index contributed by atoms with van der Waals surface area (Å²) in [5.74, 6) is -0.605. The Kier molecular flexibility index (Phi) is 5.57. The van der Waals surface area contributed by atoms with Crippen LogP contribution in [-0.4, -0.2) is 16.9 Å². The Bertz CT molecular complexity index is 1180. The lowest BCUT2D eigenvalue weighted by Gasteiger charge is -2.30. The van der Waals surface area contributed by atoms with Crippen molar-refractivity contribution in [1.29, 1.82) is 0 Å². The molecule has 30 heavy (non-hydrogen) atoms. The van der Waals surface area contributed by atoms with Crippen LogP contribution >= 0.6 is 24.0 Å². The first-order valence-electron chi connectivity index (χ1n) is 9.24. The molecule has 4 rings (SSSR count). The molecule has 0 spiro atoms. The highest BCUT2D eigenvalue weighted by molar-refractivity contribution is 7.99. The van der Waals surface area contributed by atoms with E-state index in [1.165, 1.54) is 22.7 Å². The first kappa shape index (κ1) is 20.1. The quantitative estimate of drug-likeness (QED) is 0.360. The smallest absolute Gasteiger partial charge is 0.270 e. The predicted molar refractivity (Wildman–Crippen MR) is 121 cm³/mol. The van der Waals surface area contributed by atoms with Gasteiger partial charge in [0.1, 0.15) is 11.3 Å². The summed E-state index contributed by atoms with van der Waals surface area (Å²) in [4.78, 5) is 28.0. The van der Waals surface area contributed by atoms with Crippen molar-refractivity contribution in [2.24, 2.45) is 0 Å². The normalized spacial score (nSPS) is 15.6. The van der Waals surface area contributed by atoms with Gasteiger partial charge in [-0.2, -0.15) is 0 Å². The van der Waals surface area contributed by atoms with Crippen molar-refractivity contribution >= 4 is 52.7 Å². The van der Waals surface area contributed by atoms with Crippen molar-refractivity contribution in [3.8, 4) is 0 Å². The topological polar surface area (TPSA) is 62.6 Å². The SMILES string of the molecule is Cc1ccc(C)c(N2C(=O)/C(=C/c3ccc(Sc4ccccc4)o3)C(=O)NC2=S)c1. The molecule has 3 aromatic rings. The third kappa shape index (κ3) is 4.08. The van der Waals surface area contributed by atoms with Crippen LogP contribution in [0.3, 0.4) is 0 Å². The summed E-state index contributed by atoms with van der Waals surface area (Å²) in [6.07, 6.45) is 1.45. The molecule has 7 heteroatoms. The van der Waals surface area contributed by atoms with Gasteiger partial charge in [-0.25, -0.2) is 0 Å². The monoisotopic (exact) mass is 434 g/mol. The van der Waals surface area contributed by atoms with E-state index in [9.17, 15) is 9.59 Å². The molecule has 0 unspecified atom stereocenters. The standard InChI is InChI=1S/C23H18N2O3S2/c1-14-8-9-15(2)19(12-14)25-22(27)18(21(26)24-23(25)29)13-16-10-11-20(28-16)30-17-6-4-3-5-7-17/h3-13H,1-2H3,(H,24,26,29)/b18-13+. The van der Waals surface area contributed by atoms with Crippen LogP contribution < -0.4 is 10.2 Å². The minimum Gasteiger partial charge on any atom is -0.450 e. The Hall–Kier alpha value is -3.16. The van der Waals surface area contributed by atoms with Gasteiger partial charge in [-0.1, -0.05) is 42.1 Å². The van der Waals surface area contributed by atoms with E-state index in [4.69, 9.17) is 16.6 Å². The molecule has 150 valence electrons. The lowest BCUT2D eigenvalue weighted by molar-refractivity contribution is -0.122. The van der Waals surface area contributed by atoms with Crippen LogP contribution in [0.4, 0.5) is 5.69 Å². The molecule has 1 fully saturated rings. The molecule has 2 heterocycles. The molecule has 0 saturated carbocycles. The maximum Gasteiger partial charge on any atom is 0.270 e. The number of thiocarbonyl (C=S) groups is 1. The number of carbonyl (C=O) groups excluding carboxylic acids is 2. The number of amides is 2. The first-order chi connectivity index (χ1) is 14.4. The van der Waals surface area contributed by atoms with Crippen molar-refractivity contribution in [1.82, 2.24) is 5.32 Å². The number of carbonyl (C=O) groups is 2. The second-order valence-corrected chi connectivity index (χ2v) is 8.28. The highest BCUT2D eigenvalue weighted by Gasteiger charge is 2.35. The maximum atomic E-state index is 13.2. The van der Waals surface area contributed by atoms with Gasteiger partial charge in [-0.3, -0.25) is 19.8 Å². The van der Waals surface area contributed by atoms with E-state index < -0.39 is 11.8 Å². The zero-order valence-corrected chi connectivity index (χ0v) is 18.0. The third-order valence-electron chi connectivity index (χ3n) is 4.56. The summed E-state index contributed by atoms with van der Waals surface area (Å²) in [5.41, 5.74) is 2.49. The summed E-state index contributed by atoms with van der Waals surface area (Å²) >= 11 is 6.74. The van der Waals surface area contributed by atoms with E-state index >= 15 is 0 Å². The van der Waals surface area contributed by atoms with Gasteiger partial charge in [-0.05, 0) is 73.6 Å². The van der Waals surface area contributed by atoms with Crippen LogP contribution in [0.1, 0.15) is 16.9 Å². The highest BCUT2D eigenvalue weighted by atomic mass is 32.2. The van der Waals surface area contributed by atoms with E-state index in [2.05, 4.69) is 5.32 Å².